The van der Waals surface area contributed by atoms with Gasteiger partial charge in [0.25, 0.3) is 0 Å². The van der Waals surface area contributed by atoms with Crippen LogP contribution in [0.3, 0.4) is 0 Å². The molecule has 38 heavy (non-hydrogen) atoms. The van der Waals surface area contributed by atoms with Crippen LogP contribution in [0.2, 0.25) is 10.0 Å². The van der Waals surface area contributed by atoms with Gasteiger partial charge >= 0.3 is 5.97 Å². The molecule has 4 rings (SSSR count). The van der Waals surface area contributed by atoms with Gasteiger partial charge in [-0.1, -0.05) is 61.3 Å². The highest BCUT2D eigenvalue weighted by atomic mass is 35.5. The number of benzene rings is 2. The molecular formula is C28H34Cl2N2O5S. The second kappa shape index (κ2) is 11.5. The zero-order chi connectivity index (χ0) is 27.7. The van der Waals surface area contributed by atoms with Crippen LogP contribution in [-0.4, -0.2) is 48.6 Å². The summed E-state index contributed by atoms with van der Waals surface area (Å²) in [6.07, 6.45) is 2.27. The van der Waals surface area contributed by atoms with Crippen molar-refractivity contribution >= 4 is 45.1 Å². The first-order valence-electron chi connectivity index (χ1n) is 13.0. The summed E-state index contributed by atoms with van der Waals surface area (Å²) in [6.45, 7) is 3.65. The number of nitrogens with one attached hydrogen (secondary N) is 1. The molecule has 1 amide bonds. The molecule has 1 saturated heterocycles. The molecule has 10 heteroatoms. The molecule has 0 bridgehead atoms. The molecule has 1 saturated carbocycles. The van der Waals surface area contributed by atoms with E-state index in [1.807, 2.05) is 37.3 Å². The molecule has 2 aromatic carbocycles. The molecule has 2 aliphatic rings. The number of amides is 1. The summed E-state index contributed by atoms with van der Waals surface area (Å²) < 4.78 is 28.2. The average molecular weight is 582 g/mol. The number of likely N-dealkylation sites (tertiary alicyclic amines) is 1. The zero-order valence-corrected chi connectivity index (χ0v) is 23.9. The second-order valence-electron chi connectivity index (χ2n) is 10.8. The third kappa shape index (κ3) is 6.71. The van der Waals surface area contributed by atoms with Gasteiger partial charge in [-0.05, 0) is 67.0 Å². The quantitative estimate of drug-likeness (QED) is 0.358. The number of rotatable bonds is 11. The number of hydrogen-bond acceptors (Lipinski definition) is 4. The average Bonchev–Trinajstić information content (AvgIpc) is 3.65. The molecule has 2 N–H and O–H groups in total. The molecule has 2 fully saturated rings. The van der Waals surface area contributed by atoms with E-state index in [-0.39, 0.29) is 36.5 Å². The summed E-state index contributed by atoms with van der Waals surface area (Å²) in [4.78, 5) is 27.9. The molecule has 1 aliphatic heterocycles. The fourth-order valence-electron chi connectivity index (χ4n) is 5.60. The van der Waals surface area contributed by atoms with E-state index >= 15 is 0 Å². The Morgan fingerprint density at radius 2 is 1.82 bits per heavy atom. The highest BCUT2D eigenvalue weighted by Crippen LogP contribution is 2.52. The van der Waals surface area contributed by atoms with E-state index in [0.29, 0.717) is 22.9 Å². The number of carboxylic acid groups (broad SMARTS) is 1. The minimum absolute atomic E-state index is 0.0484. The van der Waals surface area contributed by atoms with Crippen molar-refractivity contribution in [3.05, 3.63) is 69.7 Å². The molecular weight excluding hydrogens is 547 g/mol. The predicted molar refractivity (Wildman–Crippen MR) is 149 cm³/mol. The van der Waals surface area contributed by atoms with Crippen LogP contribution in [0.4, 0.5) is 0 Å². The van der Waals surface area contributed by atoms with Gasteiger partial charge < -0.3 is 10.0 Å². The maximum Gasteiger partial charge on any atom is 0.304 e. The molecule has 0 radical (unpaired) electrons. The van der Waals surface area contributed by atoms with Crippen molar-refractivity contribution < 1.29 is 23.1 Å². The van der Waals surface area contributed by atoms with E-state index in [2.05, 4.69) is 4.72 Å². The van der Waals surface area contributed by atoms with Crippen LogP contribution in [0.5, 0.6) is 0 Å². The van der Waals surface area contributed by atoms with E-state index in [1.165, 1.54) is 0 Å². The van der Waals surface area contributed by atoms with Gasteiger partial charge in [-0.25, -0.2) is 13.1 Å². The van der Waals surface area contributed by atoms with E-state index in [0.717, 1.165) is 24.0 Å². The first kappa shape index (κ1) is 28.9. The van der Waals surface area contributed by atoms with Crippen molar-refractivity contribution in [1.82, 2.24) is 9.62 Å². The normalized spacial score (nSPS) is 24.8. The van der Waals surface area contributed by atoms with Gasteiger partial charge in [0.05, 0.1) is 23.6 Å². The van der Waals surface area contributed by atoms with E-state index in [9.17, 15) is 23.1 Å². The number of carboxylic acids is 1. The standard InChI is InChI=1S/C28H34Cl2N2O5S/c1-3-23(16-31-38(36,37)17-18-7-8-18)32-26(19-9-11-21(29)12-10-19)24(20-5-4-6-22(30)13-20)14-28(2,27(32)35)15-25(33)34/h4-6,9-13,18,23-24,26,31H,3,7-8,14-17H2,1-2H3,(H,33,34)/t23-,24+,26+,28+/m0/s1. The molecule has 7 nitrogen and oxygen atoms in total. The Hall–Kier alpha value is -2.13. The smallest absolute Gasteiger partial charge is 0.304 e. The summed E-state index contributed by atoms with van der Waals surface area (Å²) in [5.41, 5.74) is 0.530. The van der Waals surface area contributed by atoms with E-state index < -0.39 is 33.5 Å². The fraction of sp³-hybridized carbons (Fsp3) is 0.500. The van der Waals surface area contributed by atoms with Crippen LogP contribution >= 0.6 is 23.2 Å². The molecule has 0 aromatic heterocycles. The summed E-state index contributed by atoms with van der Waals surface area (Å²) >= 11 is 12.6. The minimum atomic E-state index is -3.50. The van der Waals surface area contributed by atoms with Crippen LogP contribution in [0.1, 0.15) is 69.0 Å². The lowest BCUT2D eigenvalue weighted by Crippen LogP contribution is -2.58. The summed E-state index contributed by atoms with van der Waals surface area (Å²) in [6, 6.07) is 13.7. The summed E-state index contributed by atoms with van der Waals surface area (Å²) in [5.74, 6) is -1.37. The van der Waals surface area contributed by atoms with Crippen molar-refractivity contribution in [1.29, 1.82) is 0 Å². The van der Waals surface area contributed by atoms with Crippen molar-refractivity contribution in [2.75, 3.05) is 12.3 Å². The maximum atomic E-state index is 14.2. The van der Waals surface area contributed by atoms with Crippen molar-refractivity contribution in [3.63, 3.8) is 0 Å². The number of carbonyl (C=O) groups excluding carboxylic acids is 1. The number of sulfonamides is 1. The molecule has 1 aliphatic carbocycles. The van der Waals surface area contributed by atoms with Gasteiger partial charge in [-0.2, -0.15) is 0 Å². The van der Waals surface area contributed by atoms with Gasteiger partial charge in [0.2, 0.25) is 15.9 Å². The van der Waals surface area contributed by atoms with Gasteiger partial charge in [-0.3, -0.25) is 9.59 Å². The van der Waals surface area contributed by atoms with E-state index in [4.69, 9.17) is 23.2 Å². The molecule has 0 spiro atoms. The number of nitrogens with zero attached hydrogens (tertiary/aromatic N) is 1. The molecule has 206 valence electrons. The number of aliphatic carboxylic acids is 1. The largest absolute Gasteiger partial charge is 0.481 e. The Morgan fingerprint density at radius 3 is 2.39 bits per heavy atom. The third-order valence-electron chi connectivity index (χ3n) is 7.69. The molecule has 0 unspecified atom stereocenters. The van der Waals surface area contributed by atoms with Crippen LogP contribution in [0.25, 0.3) is 0 Å². The highest BCUT2D eigenvalue weighted by molar-refractivity contribution is 7.89. The van der Waals surface area contributed by atoms with Gasteiger partial charge in [0.15, 0.2) is 0 Å². The zero-order valence-electron chi connectivity index (χ0n) is 21.6. The second-order valence-corrected chi connectivity index (χ2v) is 13.6. The lowest BCUT2D eigenvalue weighted by atomic mass is 9.67. The van der Waals surface area contributed by atoms with Gasteiger partial charge in [-0.15, -0.1) is 0 Å². The summed E-state index contributed by atoms with van der Waals surface area (Å²) in [7, 11) is -3.50. The van der Waals surface area contributed by atoms with Crippen LogP contribution in [0, 0.1) is 11.3 Å². The first-order chi connectivity index (χ1) is 17.9. The monoisotopic (exact) mass is 580 g/mol. The Morgan fingerprint density at radius 1 is 1.13 bits per heavy atom. The Balaban J connectivity index is 1.80. The minimum Gasteiger partial charge on any atom is -0.481 e. The Bertz CT molecular complexity index is 1280. The fourth-order valence-corrected chi connectivity index (χ4v) is 7.44. The van der Waals surface area contributed by atoms with E-state index in [1.54, 1.807) is 30.0 Å². The third-order valence-corrected chi connectivity index (χ3v) is 9.69. The first-order valence-corrected chi connectivity index (χ1v) is 15.4. The number of hydrogen-bond donors (Lipinski definition) is 2. The molecule has 1 heterocycles. The maximum absolute atomic E-state index is 14.2. The number of carbonyl (C=O) groups is 2. The molecule has 4 atom stereocenters. The van der Waals surface area contributed by atoms with Crippen LogP contribution in [0.15, 0.2) is 48.5 Å². The van der Waals surface area contributed by atoms with Crippen molar-refractivity contribution in [2.45, 2.75) is 64.0 Å². The molecule has 2 aromatic rings. The van der Waals surface area contributed by atoms with Crippen molar-refractivity contribution in [2.24, 2.45) is 11.3 Å². The predicted octanol–water partition coefficient (Wildman–Crippen LogP) is 5.64. The van der Waals surface area contributed by atoms with Crippen LogP contribution in [-0.2, 0) is 19.6 Å². The summed E-state index contributed by atoms with van der Waals surface area (Å²) in [5, 5.41) is 10.8. The lowest BCUT2D eigenvalue weighted by molar-refractivity contribution is -0.160. The SMILES string of the molecule is CC[C@@H](CNS(=O)(=O)CC1CC1)N1C(=O)[C@@](C)(CC(=O)O)C[C@H](c2cccc(Cl)c2)[C@H]1c1ccc(Cl)cc1. The lowest BCUT2D eigenvalue weighted by Gasteiger charge is -2.52. The van der Waals surface area contributed by atoms with Gasteiger partial charge in [0, 0.05) is 28.5 Å². The number of piperidine rings is 1. The Kier molecular flexibility index (Phi) is 8.77. The van der Waals surface area contributed by atoms with Crippen LogP contribution < -0.4 is 4.72 Å². The van der Waals surface area contributed by atoms with Gasteiger partial charge in [0.1, 0.15) is 0 Å². The Labute approximate surface area is 234 Å². The van der Waals surface area contributed by atoms with Crippen molar-refractivity contribution in [3.8, 4) is 0 Å². The number of halogens is 2. The topological polar surface area (TPSA) is 104 Å². The highest BCUT2D eigenvalue weighted by Gasteiger charge is 2.52.